The zero-order valence-corrected chi connectivity index (χ0v) is 14.9. The lowest BCUT2D eigenvalue weighted by molar-refractivity contribution is -0.133. The van der Waals surface area contributed by atoms with E-state index in [0.717, 1.165) is 12.0 Å². The molecule has 1 fully saturated rings. The lowest BCUT2D eigenvalue weighted by atomic mass is 10.2. The van der Waals surface area contributed by atoms with E-state index in [1.807, 2.05) is 52.2 Å². The van der Waals surface area contributed by atoms with Crippen molar-refractivity contribution in [3.05, 3.63) is 48.8 Å². The summed E-state index contributed by atoms with van der Waals surface area (Å²) in [5, 5.41) is 16.6. The van der Waals surface area contributed by atoms with Crippen molar-refractivity contribution < 1.29 is 9.53 Å². The van der Waals surface area contributed by atoms with Crippen LogP contribution in [-0.2, 0) is 22.6 Å². The molecule has 0 aliphatic carbocycles. The molecule has 0 radical (unpaired) electrons. The van der Waals surface area contributed by atoms with Crippen LogP contribution in [0.5, 0.6) is 0 Å². The minimum absolute atomic E-state index is 0.0389. The first kappa shape index (κ1) is 17.3. The van der Waals surface area contributed by atoms with Gasteiger partial charge in [-0.3, -0.25) is 9.48 Å². The summed E-state index contributed by atoms with van der Waals surface area (Å²) >= 11 is 0. The highest BCUT2D eigenvalue weighted by Crippen LogP contribution is 2.12. The van der Waals surface area contributed by atoms with E-state index in [1.54, 1.807) is 6.20 Å². The molecule has 1 saturated heterocycles. The summed E-state index contributed by atoms with van der Waals surface area (Å²) in [5.74, 6) is 0.474. The van der Waals surface area contributed by atoms with Crippen molar-refractivity contribution in [2.24, 2.45) is 0 Å². The van der Waals surface area contributed by atoms with Gasteiger partial charge in [-0.05, 0) is 17.7 Å². The van der Waals surface area contributed by atoms with Crippen molar-refractivity contribution in [3.8, 4) is 11.4 Å². The summed E-state index contributed by atoms with van der Waals surface area (Å²) in [6, 6.07) is 11.5. The van der Waals surface area contributed by atoms with Crippen molar-refractivity contribution in [1.82, 2.24) is 34.9 Å². The Labute approximate surface area is 156 Å². The second-order valence-electron chi connectivity index (χ2n) is 6.42. The molecule has 1 aliphatic rings. The fraction of sp³-hybridized carbons (Fsp3) is 0.389. The fourth-order valence-electron chi connectivity index (χ4n) is 3.08. The number of hydrogen-bond acceptors (Lipinski definition) is 6. The first-order chi connectivity index (χ1) is 13.3. The van der Waals surface area contributed by atoms with Gasteiger partial charge in [0.25, 0.3) is 0 Å². The maximum absolute atomic E-state index is 12.7. The molecule has 0 saturated carbocycles. The zero-order valence-electron chi connectivity index (χ0n) is 14.9. The Morgan fingerprint density at radius 1 is 1.22 bits per heavy atom. The van der Waals surface area contributed by atoms with Gasteiger partial charge in [0.1, 0.15) is 6.54 Å². The van der Waals surface area contributed by atoms with Gasteiger partial charge in [0, 0.05) is 37.7 Å². The van der Waals surface area contributed by atoms with Crippen molar-refractivity contribution in [3.63, 3.8) is 0 Å². The molecular formula is C18H21N7O2. The van der Waals surface area contributed by atoms with Gasteiger partial charge in [-0.1, -0.05) is 30.3 Å². The monoisotopic (exact) mass is 367 g/mol. The number of tetrazole rings is 1. The molecule has 9 heteroatoms. The minimum Gasteiger partial charge on any atom is -0.374 e. The van der Waals surface area contributed by atoms with Crippen LogP contribution < -0.4 is 0 Å². The lowest BCUT2D eigenvalue weighted by Gasteiger charge is -2.23. The molecule has 0 bridgehead atoms. The first-order valence-corrected chi connectivity index (χ1v) is 8.98. The normalized spacial score (nSPS) is 17.6. The van der Waals surface area contributed by atoms with Gasteiger partial charge >= 0.3 is 0 Å². The number of ether oxygens (including phenoxy) is 1. The summed E-state index contributed by atoms with van der Waals surface area (Å²) in [7, 11) is 0. The second-order valence-corrected chi connectivity index (χ2v) is 6.42. The molecule has 1 amide bonds. The third-order valence-electron chi connectivity index (χ3n) is 4.41. The number of aromatic nitrogens is 6. The van der Waals surface area contributed by atoms with Crippen LogP contribution in [0.25, 0.3) is 11.4 Å². The van der Waals surface area contributed by atoms with Crippen molar-refractivity contribution >= 4 is 5.91 Å². The maximum atomic E-state index is 12.7. The molecule has 3 aromatic rings. The Balaban J connectivity index is 1.39. The number of carbonyl (C=O) groups excluding carboxylic acids is 1. The Hall–Kier alpha value is -3.07. The van der Waals surface area contributed by atoms with Crippen LogP contribution in [0, 0.1) is 0 Å². The number of carbonyl (C=O) groups is 1. The van der Waals surface area contributed by atoms with Crippen LogP contribution in [0.15, 0.2) is 48.8 Å². The van der Waals surface area contributed by atoms with Crippen molar-refractivity contribution in [2.45, 2.75) is 25.6 Å². The number of rotatable bonds is 5. The molecule has 140 valence electrons. The van der Waals surface area contributed by atoms with E-state index in [0.29, 0.717) is 32.1 Å². The molecule has 0 spiro atoms. The van der Waals surface area contributed by atoms with Gasteiger partial charge in [-0.25, -0.2) is 0 Å². The maximum Gasteiger partial charge on any atom is 0.246 e. The van der Waals surface area contributed by atoms with E-state index in [-0.39, 0.29) is 18.6 Å². The zero-order chi connectivity index (χ0) is 18.5. The number of amides is 1. The molecule has 1 aromatic carbocycles. The second kappa shape index (κ2) is 8.09. The van der Waals surface area contributed by atoms with Crippen LogP contribution in [0.1, 0.15) is 6.42 Å². The predicted molar refractivity (Wildman–Crippen MR) is 96.4 cm³/mol. The van der Waals surface area contributed by atoms with Gasteiger partial charge in [0.05, 0.1) is 12.6 Å². The smallest absolute Gasteiger partial charge is 0.246 e. The summed E-state index contributed by atoms with van der Waals surface area (Å²) in [6.07, 6.45) is 4.35. The van der Waals surface area contributed by atoms with Crippen LogP contribution >= 0.6 is 0 Å². The Morgan fingerprint density at radius 2 is 2.11 bits per heavy atom. The first-order valence-electron chi connectivity index (χ1n) is 8.98. The molecule has 0 N–H and O–H groups in total. The Morgan fingerprint density at radius 3 is 2.93 bits per heavy atom. The van der Waals surface area contributed by atoms with E-state index in [9.17, 15) is 4.79 Å². The van der Waals surface area contributed by atoms with Gasteiger partial charge in [-0.2, -0.15) is 9.90 Å². The highest BCUT2D eigenvalue weighted by atomic mass is 16.5. The molecular weight excluding hydrogens is 346 g/mol. The summed E-state index contributed by atoms with van der Waals surface area (Å²) < 4.78 is 7.69. The summed E-state index contributed by atoms with van der Waals surface area (Å²) in [4.78, 5) is 15.9. The SMILES string of the molecule is O=C(Cn1nnc(-c2ccccc2)n1)N1CCCO[C@@H](Cn2cccn2)C1. The van der Waals surface area contributed by atoms with Crippen LogP contribution in [0.3, 0.4) is 0 Å². The van der Waals surface area contributed by atoms with E-state index in [2.05, 4.69) is 20.5 Å². The topological polar surface area (TPSA) is 91.0 Å². The third kappa shape index (κ3) is 4.37. The van der Waals surface area contributed by atoms with E-state index in [4.69, 9.17) is 4.74 Å². The van der Waals surface area contributed by atoms with Gasteiger partial charge in [0.2, 0.25) is 11.7 Å². The number of hydrogen-bond donors (Lipinski definition) is 0. The van der Waals surface area contributed by atoms with E-state index in [1.165, 1.54) is 4.80 Å². The van der Waals surface area contributed by atoms with Gasteiger partial charge in [-0.15, -0.1) is 10.2 Å². The van der Waals surface area contributed by atoms with Crippen molar-refractivity contribution in [2.75, 3.05) is 19.7 Å². The minimum atomic E-state index is -0.0834. The van der Waals surface area contributed by atoms with Gasteiger partial charge in [0.15, 0.2) is 0 Å². The molecule has 3 heterocycles. The lowest BCUT2D eigenvalue weighted by Crippen LogP contribution is -2.40. The standard InChI is InChI=1S/C18H21N7O2/c26-17(14-25-21-18(20-22-25)15-6-2-1-3-7-15)23-9-5-11-27-16(12-23)13-24-10-4-8-19-24/h1-4,6-8,10,16H,5,9,11-14H2/t16-/m1/s1. The summed E-state index contributed by atoms with van der Waals surface area (Å²) in [5.41, 5.74) is 0.874. The number of nitrogens with zero attached hydrogens (tertiary/aromatic N) is 7. The fourth-order valence-corrected chi connectivity index (χ4v) is 3.08. The largest absolute Gasteiger partial charge is 0.374 e. The quantitative estimate of drug-likeness (QED) is 0.664. The third-order valence-corrected chi connectivity index (χ3v) is 4.41. The molecule has 1 aliphatic heterocycles. The highest BCUT2D eigenvalue weighted by molar-refractivity contribution is 5.75. The summed E-state index contributed by atoms with van der Waals surface area (Å²) in [6.45, 7) is 2.51. The van der Waals surface area contributed by atoms with Crippen LogP contribution in [-0.4, -0.2) is 66.6 Å². The average Bonchev–Trinajstić information content (AvgIpc) is 3.31. The molecule has 4 rings (SSSR count). The average molecular weight is 367 g/mol. The van der Waals surface area contributed by atoms with E-state index >= 15 is 0 Å². The van der Waals surface area contributed by atoms with Crippen molar-refractivity contribution in [1.29, 1.82) is 0 Å². The van der Waals surface area contributed by atoms with Crippen LogP contribution in [0.2, 0.25) is 0 Å². The predicted octanol–water partition coefficient (Wildman–Crippen LogP) is 0.854. The molecule has 0 unspecified atom stereocenters. The Kier molecular flexibility index (Phi) is 5.20. The molecule has 1 atom stereocenters. The van der Waals surface area contributed by atoms with Crippen LogP contribution in [0.4, 0.5) is 0 Å². The molecule has 27 heavy (non-hydrogen) atoms. The molecule has 9 nitrogen and oxygen atoms in total. The number of benzene rings is 1. The van der Waals surface area contributed by atoms with Gasteiger partial charge < -0.3 is 9.64 Å². The van der Waals surface area contributed by atoms with E-state index < -0.39 is 0 Å². The Bertz CT molecular complexity index is 863. The molecule has 2 aromatic heterocycles. The highest BCUT2D eigenvalue weighted by Gasteiger charge is 2.24.